The molecule has 2 atom stereocenters. The van der Waals surface area contributed by atoms with E-state index >= 15 is 0 Å². The highest BCUT2D eigenvalue weighted by molar-refractivity contribution is 7.19. The van der Waals surface area contributed by atoms with Crippen molar-refractivity contribution in [2.24, 2.45) is 16.5 Å². The number of carbonyl (C=O) groups is 1. The number of ether oxygens (including phenoxy) is 1. The zero-order chi connectivity index (χ0) is 20.2. The van der Waals surface area contributed by atoms with Crippen LogP contribution in [0.4, 0.5) is 0 Å². The van der Waals surface area contributed by atoms with Crippen molar-refractivity contribution in [3.8, 4) is 0 Å². The Kier molecular flexibility index (Phi) is 19.3. The van der Waals surface area contributed by atoms with Crippen LogP contribution in [0.25, 0.3) is 0 Å². The van der Waals surface area contributed by atoms with Gasteiger partial charge in [-0.1, -0.05) is 112 Å². The van der Waals surface area contributed by atoms with Gasteiger partial charge < -0.3 is 16.2 Å². The maximum atomic E-state index is 11.6. The fourth-order valence-corrected chi connectivity index (χ4v) is 3.39. The maximum absolute atomic E-state index is 11.6. The Bertz CT molecular complexity index is 374. The van der Waals surface area contributed by atoms with Gasteiger partial charge in [-0.2, -0.15) is 0 Å². The molecule has 0 bridgehead atoms. The first-order valence-electron chi connectivity index (χ1n) is 11.1. The normalized spacial score (nSPS) is 11.9. The highest BCUT2D eigenvalue weighted by Crippen LogP contribution is 2.14. The van der Waals surface area contributed by atoms with Crippen LogP contribution in [-0.4, -0.2) is 24.3 Å². The predicted molar refractivity (Wildman–Crippen MR) is 120 cm³/mol. The number of hydrogen-bond donors (Lipinski definition) is 2. The summed E-state index contributed by atoms with van der Waals surface area (Å²) in [5.74, 6) is -1.19. The molecule has 0 heterocycles. The van der Waals surface area contributed by atoms with Crippen LogP contribution in [-0.2, 0) is 9.53 Å². The summed E-state index contributed by atoms with van der Waals surface area (Å²) in [7, 11) is 2.27. The van der Waals surface area contributed by atoms with Gasteiger partial charge in [-0.15, -0.1) is 0 Å². The fourth-order valence-electron chi connectivity index (χ4n) is 3.12. The maximum Gasteiger partial charge on any atom is 0.334 e. The highest BCUT2D eigenvalue weighted by atomic mass is 31.0. The highest BCUT2D eigenvalue weighted by Gasteiger charge is 2.12. The Morgan fingerprint density at radius 2 is 1.15 bits per heavy atom. The third kappa shape index (κ3) is 19.7. The minimum atomic E-state index is -0.698. The molecule has 0 aliphatic rings. The van der Waals surface area contributed by atoms with Crippen LogP contribution >= 0.6 is 9.24 Å². The van der Waals surface area contributed by atoms with Crippen LogP contribution in [0.2, 0.25) is 0 Å². The van der Waals surface area contributed by atoms with Crippen molar-refractivity contribution in [1.29, 1.82) is 0 Å². The summed E-state index contributed by atoms with van der Waals surface area (Å²) < 4.78 is 5.15. The first kappa shape index (κ1) is 26.2. The zero-order valence-corrected chi connectivity index (χ0v) is 18.7. The van der Waals surface area contributed by atoms with E-state index in [0.29, 0.717) is 6.61 Å². The molecule has 0 aliphatic heterocycles. The van der Waals surface area contributed by atoms with Crippen LogP contribution in [0.3, 0.4) is 0 Å². The molecule has 0 radical (unpaired) electrons. The van der Waals surface area contributed by atoms with Crippen LogP contribution in [0.1, 0.15) is 110 Å². The van der Waals surface area contributed by atoms with E-state index in [2.05, 4.69) is 21.2 Å². The van der Waals surface area contributed by atoms with E-state index in [0.717, 1.165) is 12.8 Å². The molecule has 0 saturated carbocycles. The second kappa shape index (κ2) is 19.9. The monoisotopic (exact) mass is 401 g/mol. The summed E-state index contributed by atoms with van der Waals surface area (Å²) in [4.78, 5) is 15.3. The molecule has 5 nitrogen and oxygen atoms in total. The van der Waals surface area contributed by atoms with Gasteiger partial charge >= 0.3 is 5.97 Å². The number of nitrogens with two attached hydrogens (primary N) is 2. The van der Waals surface area contributed by atoms with Gasteiger partial charge in [0.25, 0.3) is 0 Å². The van der Waals surface area contributed by atoms with Crippen molar-refractivity contribution in [3.05, 3.63) is 0 Å². The van der Waals surface area contributed by atoms with Gasteiger partial charge in [0, 0.05) is 0 Å². The minimum absolute atomic E-state index is 0.102. The van der Waals surface area contributed by atoms with Crippen molar-refractivity contribution in [2.45, 2.75) is 115 Å². The van der Waals surface area contributed by atoms with Crippen LogP contribution in [0.5, 0.6) is 0 Å². The number of carbonyl (C=O) groups excluding carboxylic acids is 1. The summed E-state index contributed by atoms with van der Waals surface area (Å²) in [5.41, 5.74) is 10.5. The number of guanidine groups is 1. The number of unbranched alkanes of at least 4 members (excludes halogenated alkanes) is 15. The summed E-state index contributed by atoms with van der Waals surface area (Å²) in [6, 6.07) is 0. The topological polar surface area (TPSA) is 90.7 Å². The lowest BCUT2D eigenvalue weighted by Crippen LogP contribution is -2.27. The number of esters is 1. The summed E-state index contributed by atoms with van der Waals surface area (Å²) in [6.07, 6.45) is 21.3. The molecular weight excluding hydrogens is 357 g/mol. The molecule has 27 heavy (non-hydrogen) atoms. The van der Waals surface area contributed by atoms with Gasteiger partial charge in [-0.25, -0.2) is 9.79 Å². The average Bonchev–Trinajstić information content (AvgIpc) is 2.63. The number of hydrogen-bond acceptors (Lipinski definition) is 3. The van der Waals surface area contributed by atoms with E-state index in [1.165, 1.54) is 89.9 Å². The van der Waals surface area contributed by atoms with Crippen LogP contribution < -0.4 is 11.5 Å². The molecule has 4 N–H and O–H groups in total. The second-order valence-corrected chi connectivity index (χ2v) is 8.10. The molecule has 160 valence electrons. The standard InChI is InChI=1S/C21H44N3O2P/c1-2-3-4-5-6-7-8-9-10-11-12-13-14-15-16-17-18-26-20(25)19(27)24-21(22)23/h19H,2-18,27H2,1H3,(H4,22,23,24). The van der Waals surface area contributed by atoms with E-state index in [1.807, 2.05) is 0 Å². The molecule has 0 spiro atoms. The van der Waals surface area contributed by atoms with Crippen LogP contribution in [0, 0.1) is 0 Å². The number of aliphatic imine (C=N–C) groups is 1. The Hall–Kier alpha value is -0.830. The third-order valence-corrected chi connectivity index (χ3v) is 5.19. The van der Waals surface area contributed by atoms with Crippen molar-refractivity contribution in [3.63, 3.8) is 0 Å². The van der Waals surface area contributed by atoms with Crippen molar-refractivity contribution >= 4 is 21.2 Å². The van der Waals surface area contributed by atoms with E-state index in [-0.39, 0.29) is 5.96 Å². The lowest BCUT2D eigenvalue weighted by Gasteiger charge is -2.08. The van der Waals surface area contributed by atoms with Gasteiger partial charge in [-0.05, 0) is 6.42 Å². The SMILES string of the molecule is CCCCCCCCCCCCCCCCCCOC(=O)C(P)N=C(N)N. The lowest BCUT2D eigenvalue weighted by molar-refractivity contribution is -0.143. The van der Waals surface area contributed by atoms with Crippen molar-refractivity contribution < 1.29 is 9.53 Å². The fraction of sp³-hybridized carbons (Fsp3) is 0.905. The number of rotatable bonds is 19. The largest absolute Gasteiger partial charge is 0.464 e. The zero-order valence-electron chi connectivity index (χ0n) is 17.6. The molecule has 0 fully saturated rings. The van der Waals surface area contributed by atoms with Gasteiger partial charge in [0.05, 0.1) is 6.61 Å². The molecule has 0 aromatic heterocycles. The van der Waals surface area contributed by atoms with Crippen molar-refractivity contribution in [1.82, 2.24) is 0 Å². The molecule has 0 amide bonds. The first-order valence-corrected chi connectivity index (χ1v) is 11.8. The van der Waals surface area contributed by atoms with Crippen molar-refractivity contribution in [2.75, 3.05) is 6.61 Å². The molecule has 6 heteroatoms. The number of nitrogens with zero attached hydrogens (tertiary/aromatic N) is 1. The third-order valence-electron chi connectivity index (χ3n) is 4.77. The molecule has 0 aliphatic carbocycles. The predicted octanol–water partition coefficient (Wildman–Crippen LogP) is 5.27. The van der Waals surface area contributed by atoms with Gasteiger partial charge in [0.2, 0.25) is 0 Å². The molecule has 2 unspecified atom stereocenters. The minimum Gasteiger partial charge on any atom is -0.464 e. The van der Waals surface area contributed by atoms with Crippen LogP contribution in [0.15, 0.2) is 4.99 Å². The summed E-state index contributed by atoms with van der Waals surface area (Å²) >= 11 is 0. The van der Waals surface area contributed by atoms with Gasteiger partial charge in [0.1, 0.15) is 0 Å². The van der Waals surface area contributed by atoms with E-state index < -0.39 is 11.8 Å². The quantitative estimate of drug-likeness (QED) is 0.101. The first-order chi connectivity index (χ1) is 13.1. The summed E-state index contributed by atoms with van der Waals surface area (Å²) in [6.45, 7) is 2.72. The Labute approximate surface area is 169 Å². The molecular formula is C21H44N3O2P. The molecule has 0 aromatic carbocycles. The van der Waals surface area contributed by atoms with Gasteiger partial charge in [0.15, 0.2) is 11.7 Å². The lowest BCUT2D eigenvalue weighted by atomic mass is 10.0. The molecule has 0 aromatic rings. The van der Waals surface area contributed by atoms with E-state index in [1.54, 1.807) is 0 Å². The Morgan fingerprint density at radius 3 is 1.52 bits per heavy atom. The smallest absolute Gasteiger partial charge is 0.334 e. The Balaban J connectivity index is 3.21. The summed E-state index contributed by atoms with van der Waals surface area (Å²) in [5, 5.41) is 0. The van der Waals surface area contributed by atoms with E-state index in [4.69, 9.17) is 16.2 Å². The molecule has 0 saturated heterocycles. The second-order valence-electron chi connectivity index (χ2n) is 7.47. The average molecular weight is 402 g/mol. The Morgan fingerprint density at radius 1 is 0.778 bits per heavy atom. The van der Waals surface area contributed by atoms with Gasteiger partial charge in [-0.3, -0.25) is 0 Å². The molecule has 0 rings (SSSR count). The van der Waals surface area contributed by atoms with E-state index in [9.17, 15) is 4.79 Å².